The zero-order valence-electron chi connectivity index (χ0n) is 23.8. The maximum absolute atomic E-state index is 13.0. The van der Waals surface area contributed by atoms with Crippen molar-refractivity contribution in [3.05, 3.63) is 52.5 Å². The number of halogens is 3. The van der Waals surface area contributed by atoms with Gasteiger partial charge in [-0.15, -0.1) is 0 Å². The van der Waals surface area contributed by atoms with Gasteiger partial charge in [0.25, 0.3) is 0 Å². The van der Waals surface area contributed by atoms with Gasteiger partial charge in [0.1, 0.15) is 11.6 Å². The zero-order chi connectivity index (χ0) is 28.5. The number of alkyl halides is 3. The van der Waals surface area contributed by atoms with Crippen LogP contribution in [0.1, 0.15) is 103 Å². The Balaban J connectivity index is 0. The van der Waals surface area contributed by atoms with Gasteiger partial charge in [0, 0.05) is 17.8 Å². The minimum atomic E-state index is -4.53. The van der Waals surface area contributed by atoms with Gasteiger partial charge >= 0.3 is 6.18 Å². The van der Waals surface area contributed by atoms with Gasteiger partial charge in [0.15, 0.2) is 0 Å². The van der Waals surface area contributed by atoms with Crippen LogP contribution in [0.3, 0.4) is 0 Å². The lowest BCUT2D eigenvalue weighted by Crippen LogP contribution is -2.30. The number of phenols is 1. The summed E-state index contributed by atoms with van der Waals surface area (Å²) in [5, 5.41) is 10.3. The molecule has 1 aliphatic rings. The third kappa shape index (κ3) is 12.5. The summed E-state index contributed by atoms with van der Waals surface area (Å²) in [6.45, 7) is 16.1. The molecule has 0 spiro atoms. The van der Waals surface area contributed by atoms with Crippen LogP contribution >= 0.6 is 0 Å². The average molecular weight is 515 g/mol. The Labute approximate surface area is 217 Å². The van der Waals surface area contributed by atoms with E-state index < -0.39 is 23.5 Å². The number of hydrogen-bond donors (Lipinski definition) is 3. The van der Waals surface area contributed by atoms with Crippen LogP contribution in [0, 0.1) is 6.92 Å². The highest BCUT2D eigenvalue weighted by molar-refractivity contribution is 6.01. The van der Waals surface area contributed by atoms with Crippen molar-refractivity contribution in [2.75, 3.05) is 13.6 Å². The molecule has 1 aliphatic heterocycles. The molecular weight excluding hydrogens is 465 g/mol. The topological polar surface area (TPSA) is 87.9 Å². The van der Waals surface area contributed by atoms with Crippen LogP contribution in [0.15, 0.2) is 40.8 Å². The Morgan fingerprint density at radius 1 is 1.11 bits per heavy atom. The van der Waals surface area contributed by atoms with Gasteiger partial charge in [0.05, 0.1) is 17.3 Å². The maximum atomic E-state index is 13.0. The number of aromatic hydroxyl groups is 1. The van der Waals surface area contributed by atoms with E-state index in [2.05, 4.69) is 18.8 Å². The summed E-state index contributed by atoms with van der Waals surface area (Å²) in [5.74, 6) is -0.161. The molecule has 0 bridgehead atoms. The Morgan fingerprint density at radius 2 is 1.64 bits per heavy atom. The number of hydrogen-bond acceptors (Lipinski definition) is 5. The molecule has 1 aromatic carbocycles. The van der Waals surface area contributed by atoms with E-state index in [1.807, 2.05) is 32.6 Å². The van der Waals surface area contributed by atoms with E-state index in [1.54, 1.807) is 26.1 Å². The molecular formula is C28H49F3N4O. The fourth-order valence-corrected chi connectivity index (χ4v) is 3.51. The Morgan fingerprint density at radius 3 is 2.06 bits per heavy atom. The molecule has 8 heteroatoms. The average Bonchev–Trinajstić information content (AvgIpc) is 2.94. The van der Waals surface area contributed by atoms with Gasteiger partial charge in [-0.05, 0) is 50.7 Å². The standard InChI is InChI=1S/C17H21F3N4O.C7H16.2C2H6/c1-9-6-11(17(18,19)20)8-13(25)15(9)16-12(7-10(2)21)23-14(22)4-5-24(16)3;1-3-5-7-6-4-2;2*1-2/h4,6-8,16,25H,5,21-22H2,1-3H3;3-7H2,1-2H3;2*1-2H3/b10-7-;;;. The highest BCUT2D eigenvalue weighted by atomic mass is 19.4. The largest absolute Gasteiger partial charge is 0.508 e. The number of rotatable bonds is 6. The highest BCUT2D eigenvalue weighted by Crippen LogP contribution is 2.39. The Bertz CT molecular complexity index is 815. The number of likely N-dealkylation sites (N-methyl/N-ethyl adjacent to an activating group) is 1. The summed E-state index contributed by atoms with van der Waals surface area (Å²) in [5.41, 5.74) is 12.2. The third-order valence-electron chi connectivity index (χ3n) is 5.12. The molecule has 5 N–H and O–H groups in total. The lowest BCUT2D eigenvalue weighted by Gasteiger charge is -2.29. The van der Waals surface area contributed by atoms with E-state index in [9.17, 15) is 18.3 Å². The van der Waals surface area contributed by atoms with Crippen LogP contribution in [0.2, 0.25) is 0 Å². The highest BCUT2D eigenvalue weighted by Gasteiger charge is 2.34. The lowest BCUT2D eigenvalue weighted by atomic mass is 9.92. The molecule has 0 saturated carbocycles. The van der Waals surface area contributed by atoms with Crippen LogP contribution in [0.5, 0.6) is 5.75 Å². The number of aliphatic imine (C=N–C) groups is 1. The molecule has 0 radical (unpaired) electrons. The van der Waals surface area contributed by atoms with E-state index in [4.69, 9.17) is 11.5 Å². The molecule has 208 valence electrons. The van der Waals surface area contributed by atoms with Crippen LogP contribution < -0.4 is 11.5 Å². The second-order valence-electron chi connectivity index (χ2n) is 8.18. The zero-order valence-corrected chi connectivity index (χ0v) is 23.8. The summed E-state index contributed by atoms with van der Waals surface area (Å²) in [7, 11) is 1.77. The first-order chi connectivity index (χ1) is 16.9. The van der Waals surface area contributed by atoms with Crippen molar-refractivity contribution in [3.8, 4) is 5.75 Å². The predicted octanol–water partition coefficient (Wildman–Crippen LogP) is 7.84. The van der Waals surface area contributed by atoms with Gasteiger partial charge in [-0.3, -0.25) is 4.90 Å². The smallest absolute Gasteiger partial charge is 0.416 e. The van der Waals surface area contributed by atoms with Crippen LogP contribution in [-0.2, 0) is 6.18 Å². The molecule has 0 aromatic heterocycles. The van der Waals surface area contributed by atoms with Gasteiger partial charge in [0.2, 0.25) is 0 Å². The molecule has 1 aromatic rings. The van der Waals surface area contributed by atoms with E-state index in [-0.39, 0.29) is 5.82 Å². The molecule has 1 atom stereocenters. The fraction of sp³-hybridized carbons (Fsp3) is 0.607. The van der Waals surface area contributed by atoms with Crippen molar-refractivity contribution in [3.63, 3.8) is 0 Å². The number of aryl methyl sites for hydroxylation is 1. The summed E-state index contributed by atoms with van der Waals surface area (Å²) >= 11 is 0. The van der Waals surface area contributed by atoms with E-state index >= 15 is 0 Å². The molecule has 2 rings (SSSR count). The number of nitrogens with two attached hydrogens (primary N) is 2. The Hall–Kier alpha value is -2.48. The van der Waals surface area contributed by atoms with Gasteiger partial charge in [-0.25, -0.2) is 4.99 Å². The molecule has 0 amide bonds. The van der Waals surface area contributed by atoms with Crippen molar-refractivity contribution >= 4 is 5.71 Å². The molecule has 1 unspecified atom stereocenters. The second kappa shape index (κ2) is 18.7. The second-order valence-corrected chi connectivity index (χ2v) is 8.18. The van der Waals surface area contributed by atoms with Gasteiger partial charge in [-0.2, -0.15) is 13.2 Å². The van der Waals surface area contributed by atoms with Crippen molar-refractivity contribution < 1.29 is 18.3 Å². The number of nitrogens with zero attached hydrogens (tertiary/aromatic N) is 2. The first-order valence-corrected chi connectivity index (χ1v) is 13.0. The molecule has 0 fully saturated rings. The first-order valence-electron chi connectivity index (χ1n) is 13.0. The van der Waals surface area contributed by atoms with Crippen LogP contribution in [0.4, 0.5) is 13.2 Å². The van der Waals surface area contributed by atoms with Crippen LogP contribution in [0.25, 0.3) is 0 Å². The number of phenolic OH excluding ortho intramolecular Hbond substituents is 1. The third-order valence-corrected chi connectivity index (χ3v) is 5.12. The molecule has 0 aliphatic carbocycles. The summed E-state index contributed by atoms with van der Waals surface area (Å²) in [4.78, 5) is 6.13. The van der Waals surface area contributed by atoms with E-state index in [1.165, 1.54) is 39.0 Å². The monoisotopic (exact) mass is 514 g/mol. The first kappa shape index (κ1) is 35.7. The van der Waals surface area contributed by atoms with Gasteiger partial charge < -0.3 is 16.6 Å². The molecule has 36 heavy (non-hydrogen) atoms. The Kier molecular flexibility index (Phi) is 18.6. The summed E-state index contributed by atoms with van der Waals surface area (Å²) < 4.78 is 38.9. The minimum Gasteiger partial charge on any atom is -0.508 e. The lowest BCUT2D eigenvalue weighted by molar-refractivity contribution is -0.137. The summed E-state index contributed by atoms with van der Waals surface area (Å²) in [6.07, 6.45) is 5.77. The van der Waals surface area contributed by atoms with E-state index in [0.717, 1.165) is 12.1 Å². The van der Waals surface area contributed by atoms with Gasteiger partial charge in [-0.1, -0.05) is 73.6 Å². The van der Waals surface area contributed by atoms with E-state index in [0.29, 0.717) is 29.1 Å². The minimum absolute atomic E-state index is 0.283. The fourth-order valence-electron chi connectivity index (χ4n) is 3.51. The predicted molar refractivity (Wildman–Crippen MR) is 148 cm³/mol. The SMILES string of the molecule is C/C(N)=C/C1=NC(N)=CCN(C)C1c1c(C)cc(C(F)(F)F)cc1O.CC.CC.CCCCCCC. The maximum Gasteiger partial charge on any atom is 0.416 e. The van der Waals surface area contributed by atoms with Crippen molar-refractivity contribution in [2.24, 2.45) is 16.5 Å². The molecule has 5 nitrogen and oxygen atoms in total. The normalized spacial score (nSPS) is 16.1. The van der Waals surface area contributed by atoms with Crippen molar-refractivity contribution in [1.29, 1.82) is 0 Å². The number of unbranched alkanes of at least 4 members (excludes halogenated alkanes) is 4. The number of allylic oxidation sites excluding steroid dienone is 1. The number of benzene rings is 1. The van der Waals surface area contributed by atoms with Crippen molar-refractivity contribution in [1.82, 2.24) is 4.90 Å². The quantitative estimate of drug-likeness (QED) is 0.337. The molecule has 1 heterocycles. The van der Waals surface area contributed by atoms with Crippen molar-refractivity contribution in [2.45, 2.75) is 99.7 Å². The van der Waals surface area contributed by atoms with Crippen LogP contribution in [-0.4, -0.2) is 29.3 Å². The molecule has 0 saturated heterocycles. The summed E-state index contributed by atoms with van der Waals surface area (Å²) in [6, 6.07) is 1.16.